The third-order valence-corrected chi connectivity index (χ3v) is 4.24. The fourth-order valence-electron chi connectivity index (χ4n) is 1.84. The van der Waals surface area contributed by atoms with E-state index in [1.54, 1.807) is 48.5 Å². The van der Waals surface area contributed by atoms with Crippen LogP contribution in [0.2, 0.25) is 0 Å². The molecule has 0 unspecified atom stereocenters. The first kappa shape index (κ1) is 12.6. The summed E-state index contributed by atoms with van der Waals surface area (Å²) in [5, 5.41) is 8.94. The first-order valence-electron chi connectivity index (χ1n) is 5.94. The third-order valence-electron chi connectivity index (χ3n) is 2.90. The SMILES string of the molecule is Nc1ccc(C2=NN=C(c3ccc(N)cc3)S2=O)cc1. The summed E-state index contributed by atoms with van der Waals surface area (Å²) in [7, 11) is -1.40. The summed E-state index contributed by atoms with van der Waals surface area (Å²) < 4.78 is 12.5. The van der Waals surface area contributed by atoms with Gasteiger partial charge in [0, 0.05) is 22.5 Å². The van der Waals surface area contributed by atoms with Gasteiger partial charge in [-0.25, -0.2) is 4.21 Å². The molecule has 6 heteroatoms. The zero-order chi connectivity index (χ0) is 14.1. The molecule has 0 radical (unpaired) electrons. The number of benzene rings is 2. The third kappa shape index (κ3) is 2.21. The van der Waals surface area contributed by atoms with Crippen molar-refractivity contribution >= 4 is 32.3 Å². The molecule has 20 heavy (non-hydrogen) atoms. The van der Waals surface area contributed by atoms with E-state index in [1.165, 1.54) is 0 Å². The highest BCUT2D eigenvalue weighted by Crippen LogP contribution is 2.19. The van der Waals surface area contributed by atoms with Gasteiger partial charge in [0.15, 0.2) is 10.1 Å². The minimum Gasteiger partial charge on any atom is -0.399 e. The minimum absolute atomic E-state index is 0.442. The number of rotatable bonds is 2. The summed E-state index contributed by atoms with van der Waals surface area (Å²) in [6.45, 7) is 0. The summed E-state index contributed by atoms with van der Waals surface area (Å²) in [5.41, 5.74) is 14.1. The normalized spacial score (nSPS) is 15.0. The Bertz CT molecular complexity index is 669. The van der Waals surface area contributed by atoms with Gasteiger partial charge >= 0.3 is 0 Å². The van der Waals surface area contributed by atoms with Crippen LogP contribution >= 0.6 is 0 Å². The molecule has 1 heterocycles. The van der Waals surface area contributed by atoms with Crippen molar-refractivity contribution in [2.45, 2.75) is 0 Å². The Hall–Kier alpha value is -2.47. The van der Waals surface area contributed by atoms with Gasteiger partial charge in [-0.15, -0.1) is 10.2 Å². The second kappa shape index (κ2) is 4.90. The molecule has 0 amide bonds. The summed E-state index contributed by atoms with van der Waals surface area (Å²) in [5.74, 6) is 0. The quantitative estimate of drug-likeness (QED) is 0.822. The molecular weight excluding hydrogens is 272 g/mol. The van der Waals surface area contributed by atoms with Crippen LogP contribution in [0.3, 0.4) is 0 Å². The molecule has 1 aliphatic rings. The molecule has 1 aliphatic heterocycles. The molecule has 0 aliphatic carbocycles. The van der Waals surface area contributed by atoms with Crippen LogP contribution in [0.15, 0.2) is 58.7 Å². The van der Waals surface area contributed by atoms with Gasteiger partial charge in [-0.1, -0.05) is 24.3 Å². The molecule has 0 aromatic heterocycles. The molecule has 100 valence electrons. The van der Waals surface area contributed by atoms with E-state index in [2.05, 4.69) is 10.2 Å². The van der Waals surface area contributed by atoms with Crippen molar-refractivity contribution in [3.05, 3.63) is 59.7 Å². The van der Waals surface area contributed by atoms with E-state index >= 15 is 0 Å². The Morgan fingerprint density at radius 3 is 1.40 bits per heavy atom. The molecule has 0 saturated heterocycles. The average Bonchev–Trinajstić information content (AvgIpc) is 2.83. The van der Waals surface area contributed by atoms with E-state index < -0.39 is 10.8 Å². The smallest absolute Gasteiger partial charge is 0.163 e. The molecule has 0 saturated carbocycles. The van der Waals surface area contributed by atoms with Crippen LogP contribution in [0.4, 0.5) is 11.4 Å². The van der Waals surface area contributed by atoms with Crippen LogP contribution in [0, 0.1) is 0 Å². The lowest BCUT2D eigenvalue weighted by Gasteiger charge is -2.03. The number of hydrogen-bond acceptors (Lipinski definition) is 5. The van der Waals surface area contributed by atoms with Gasteiger partial charge in [0.25, 0.3) is 0 Å². The van der Waals surface area contributed by atoms with E-state index in [0.717, 1.165) is 11.1 Å². The topological polar surface area (TPSA) is 93.8 Å². The van der Waals surface area contributed by atoms with Crippen molar-refractivity contribution in [1.29, 1.82) is 0 Å². The van der Waals surface area contributed by atoms with Gasteiger partial charge < -0.3 is 11.5 Å². The van der Waals surface area contributed by atoms with E-state index in [4.69, 9.17) is 11.5 Å². The summed E-state index contributed by atoms with van der Waals surface area (Å²) in [6.07, 6.45) is 0. The van der Waals surface area contributed by atoms with E-state index in [-0.39, 0.29) is 0 Å². The summed E-state index contributed by atoms with van der Waals surface area (Å²) in [4.78, 5) is 0. The lowest BCUT2D eigenvalue weighted by Crippen LogP contribution is -2.14. The van der Waals surface area contributed by atoms with Crippen LogP contribution in [0.5, 0.6) is 0 Å². The van der Waals surface area contributed by atoms with Crippen molar-refractivity contribution < 1.29 is 4.21 Å². The summed E-state index contributed by atoms with van der Waals surface area (Å²) in [6, 6.07) is 14.1. The highest BCUT2D eigenvalue weighted by molar-refractivity contribution is 8.15. The molecule has 3 rings (SSSR count). The standard InChI is InChI=1S/C14H12N4OS/c15-11-5-1-9(2-6-11)13-17-18-14(20(13)19)10-3-7-12(16)8-4-10/h1-8H,15-16H2. The zero-order valence-corrected chi connectivity index (χ0v) is 11.3. The Labute approximate surface area is 118 Å². The van der Waals surface area contributed by atoms with Gasteiger partial charge in [0.05, 0.1) is 0 Å². The molecular formula is C14H12N4OS. The number of nitrogens with zero attached hydrogens (tertiary/aromatic N) is 2. The minimum atomic E-state index is -1.40. The number of nitrogen functional groups attached to an aromatic ring is 2. The van der Waals surface area contributed by atoms with Gasteiger partial charge in [-0.3, -0.25) is 0 Å². The molecule has 0 fully saturated rings. The van der Waals surface area contributed by atoms with E-state index in [9.17, 15) is 4.21 Å². The van der Waals surface area contributed by atoms with Crippen molar-refractivity contribution in [2.24, 2.45) is 10.2 Å². The lowest BCUT2D eigenvalue weighted by molar-refractivity contribution is 0.696. The fraction of sp³-hybridized carbons (Fsp3) is 0. The van der Waals surface area contributed by atoms with E-state index in [0.29, 0.717) is 21.5 Å². The molecule has 0 spiro atoms. The highest BCUT2D eigenvalue weighted by atomic mass is 32.2. The van der Waals surface area contributed by atoms with Crippen LogP contribution in [0.1, 0.15) is 11.1 Å². The Balaban J connectivity index is 1.89. The molecule has 0 bridgehead atoms. The van der Waals surface area contributed by atoms with Crippen LogP contribution < -0.4 is 11.5 Å². The average molecular weight is 284 g/mol. The maximum Gasteiger partial charge on any atom is 0.163 e. The van der Waals surface area contributed by atoms with E-state index in [1.807, 2.05) is 0 Å². The number of nitrogens with two attached hydrogens (primary N) is 2. The van der Waals surface area contributed by atoms with Crippen LogP contribution in [0.25, 0.3) is 0 Å². The summed E-state index contributed by atoms with van der Waals surface area (Å²) >= 11 is 0. The Morgan fingerprint density at radius 1 is 0.700 bits per heavy atom. The van der Waals surface area contributed by atoms with Crippen molar-refractivity contribution in [2.75, 3.05) is 11.5 Å². The first-order valence-corrected chi connectivity index (χ1v) is 7.09. The highest BCUT2D eigenvalue weighted by Gasteiger charge is 2.25. The fourth-order valence-corrected chi connectivity index (χ4v) is 2.95. The predicted octanol–water partition coefficient (Wildman–Crippen LogP) is 1.72. The Morgan fingerprint density at radius 2 is 1.05 bits per heavy atom. The van der Waals surface area contributed by atoms with Gasteiger partial charge in [0.2, 0.25) is 0 Å². The number of anilines is 2. The maximum atomic E-state index is 12.5. The predicted molar refractivity (Wildman–Crippen MR) is 82.9 cm³/mol. The molecule has 2 aromatic carbocycles. The van der Waals surface area contributed by atoms with Gasteiger partial charge in [-0.2, -0.15) is 0 Å². The first-order chi connectivity index (χ1) is 9.65. The second-order valence-corrected chi connectivity index (χ2v) is 5.63. The molecule has 2 aromatic rings. The molecule has 4 N–H and O–H groups in total. The lowest BCUT2D eigenvalue weighted by atomic mass is 10.2. The number of hydrogen-bond donors (Lipinski definition) is 2. The second-order valence-electron chi connectivity index (χ2n) is 4.32. The van der Waals surface area contributed by atoms with Gasteiger partial charge in [0.1, 0.15) is 10.8 Å². The maximum absolute atomic E-state index is 12.5. The Kier molecular flexibility index (Phi) is 3.08. The van der Waals surface area contributed by atoms with Crippen molar-refractivity contribution in [3.8, 4) is 0 Å². The van der Waals surface area contributed by atoms with Crippen molar-refractivity contribution in [1.82, 2.24) is 0 Å². The molecule has 0 atom stereocenters. The van der Waals surface area contributed by atoms with Gasteiger partial charge in [-0.05, 0) is 24.3 Å². The van der Waals surface area contributed by atoms with Crippen molar-refractivity contribution in [3.63, 3.8) is 0 Å². The van der Waals surface area contributed by atoms with Crippen LogP contribution in [-0.4, -0.2) is 14.3 Å². The molecule has 5 nitrogen and oxygen atoms in total. The largest absolute Gasteiger partial charge is 0.399 e. The zero-order valence-electron chi connectivity index (χ0n) is 10.5. The van der Waals surface area contributed by atoms with Crippen LogP contribution in [-0.2, 0) is 10.8 Å². The monoisotopic (exact) mass is 284 g/mol.